The molecule has 3 rings (SSSR count). The number of carbonyl (C=O) groups excluding carboxylic acids is 1. The minimum atomic E-state index is -0.327. The van der Waals surface area contributed by atoms with Gasteiger partial charge in [-0.2, -0.15) is 0 Å². The number of amides is 1. The molecule has 0 saturated heterocycles. The topological polar surface area (TPSA) is 20.3 Å². The SMILES string of the molecule is C=C1CCCC1C(=O)N(Cc1ccccc1)c1cc(F)ccc1C. The Kier molecular flexibility index (Phi) is 4.79. The number of carbonyl (C=O) groups is 1. The Hall–Kier alpha value is -2.42. The van der Waals surface area contributed by atoms with Gasteiger partial charge in [-0.05, 0) is 49.4 Å². The molecule has 0 bridgehead atoms. The lowest BCUT2D eigenvalue weighted by Crippen LogP contribution is -2.36. The number of rotatable bonds is 4. The first-order valence-corrected chi connectivity index (χ1v) is 8.35. The molecule has 1 aliphatic rings. The van der Waals surface area contributed by atoms with Crippen LogP contribution in [0, 0.1) is 18.7 Å². The normalized spacial score (nSPS) is 17.1. The van der Waals surface area contributed by atoms with E-state index in [9.17, 15) is 9.18 Å². The van der Waals surface area contributed by atoms with Gasteiger partial charge >= 0.3 is 0 Å². The quantitative estimate of drug-likeness (QED) is 0.723. The highest BCUT2D eigenvalue weighted by Crippen LogP contribution is 2.34. The summed E-state index contributed by atoms with van der Waals surface area (Å²) in [6, 6.07) is 14.4. The third-order valence-electron chi connectivity index (χ3n) is 4.69. The molecule has 0 spiro atoms. The van der Waals surface area contributed by atoms with Crippen molar-refractivity contribution in [1.82, 2.24) is 0 Å². The number of hydrogen-bond acceptors (Lipinski definition) is 1. The molecular weight excluding hydrogens is 301 g/mol. The molecule has 1 atom stereocenters. The second-order valence-corrected chi connectivity index (χ2v) is 6.44. The summed E-state index contributed by atoms with van der Waals surface area (Å²) < 4.78 is 13.8. The fraction of sp³-hybridized carbons (Fsp3) is 0.286. The lowest BCUT2D eigenvalue weighted by Gasteiger charge is -2.28. The Morgan fingerprint density at radius 3 is 2.67 bits per heavy atom. The summed E-state index contributed by atoms with van der Waals surface area (Å²) in [5.41, 5.74) is 3.55. The van der Waals surface area contributed by atoms with Gasteiger partial charge in [0.15, 0.2) is 0 Å². The molecule has 3 heteroatoms. The number of nitrogens with zero attached hydrogens (tertiary/aromatic N) is 1. The molecule has 0 aromatic heterocycles. The summed E-state index contributed by atoms with van der Waals surface area (Å²) in [5, 5.41) is 0. The minimum absolute atomic E-state index is 0.0232. The van der Waals surface area contributed by atoms with E-state index in [-0.39, 0.29) is 17.6 Å². The van der Waals surface area contributed by atoms with Crippen molar-refractivity contribution < 1.29 is 9.18 Å². The van der Waals surface area contributed by atoms with Crippen molar-refractivity contribution in [3.8, 4) is 0 Å². The van der Waals surface area contributed by atoms with Gasteiger partial charge in [0.2, 0.25) is 5.91 Å². The molecule has 124 valence electrons. The number of hydrogen-bond donors (Lipinski definition) is 0. The molecule has 2 nitrogen and oxygen atoms in total. The van der Waals surface area contributed by atoms with Crippen molar-refractivity contribution in [2.24, 2.45) is 5.92 Å². The number of aryl methyl sites for hydroxylation is 1. The molecule has 0 radical (unpaired) electrons. The number of halogens is 1. The zero-order valence-corrected chi connectivity index (χ0v) is 14.0. The van der Waals surface area contributed by atoms with Gasteiger partial charge in [-0.25, -0.2) is 4.39 Å². The first-order chi connectivity index (χ1) is 11.6. The van der Waals surface area contributed by atoms with E-state index >= 15 is 0 Å². The zero-order chi connectivity index (χ0) is 17.1. The molecule has 1 amide bonds. The van der Waals surface area contributed by atoms with Crippen LogP contribution in [-0.2, 0) is 11.3 Å². The van der Waals surface area contributed by atoms with Gasteiger partial charge < -0.3 is 4.90 Å². The largest absolute Gasteiger partial charge is 0.307 e. The van der Waals surface area contributed by atoms with Gasteiger partial charge in [0.05, 0.1) is 12.5 Å². The lowest BCUT2D eigenvalue weighted by molar-refractivity contribution is -0.121. The molecule has 0 aliphatic heterocycles. The summed E-state index contributed by atoms with van der Waals surface area (Å²) in [7, 11) is 0. The zero-order valence-electron chi connectivity index (χ0n) is 14.0. The van der Waals surface area contributed by atoms with E-state index in [1.165, 1.54) is 12.1 Å². The Bertz CT molecular complexity index is 754. The summed E-state index contributed by atoms with van der Waals surface area (Å²) in [5.74, 6) is -0.460. The molecule has 2 aromatic carbocycles. The third kappa shape index (κ3) is 3.40. The van der Waals surface area contributed by atoms with Crippen molar-refractivity contribution in [2.75, 3.05) is 4.90 Å². The molecular formula is C21H22FNO. The van der Waals surface area contributed by atoms with E-state index in [2.05, 4.69) is 6.58 Å². The average Bonchev–Trinajstić information content (AvgIpc) is 3.01. The van der Waals surface area contributed by atoms with Gasteiger partial charge in [-0.1, -0.05) is 48.6 Å². The van der Waals surface area contributed by atoms with Crippen LogP contribution >= 0.6 is 0 Å². The van der Waals surface area contributed by atoms with Crippen molar-refractivity contribution >= 4 is 11.6 Å². The van der Waals surface area contributed by atoms with E-state index in [1.807, 2.05) is 37.3 Å². The van der Waals surface area contributed by atoms with Crippen LogP contribution in [0.2, 0.25) is 0 Å². The third-order valence-corrected chi connectivity index (χ3v) is 4.69. The van der Waals surface area contributed by atoms with E-state index in [1.54, 1.807) is 11.0 Å². The monoisotopic (exact) mass is 323 g/mol. The van der Waals surface area contributed by atoms with E-state index in [0.717, 1.165) is 36.0 Å². The summed E-state index contributed by atoms with van der Waals surface area (Å²) >= 11 is 0. The second kappa shape index (κ2) is 7.00. The minimum Gasteiger partial charge on any atom is -0.307 e. The fourth-order valence-corrected chi connectivity index (χ4v) is 3.32. The first-order valence-electron chi connectivity index (χ1n) is 8.35. The van der Waals surface area contributed by atoms with Crippen molar-refractivity contribution in [1.29, 1.82) is 0 Å². The van der Waals surface area contributed by atoms with Crippen molar-refractivity contribution in [3.63, 3.8) is 0 Å². The molecule has 1 aliphatic carbocycles. The van der Waals surface area contributed by atoms with Crippen LogP contribution in [0.1, 0.15) is 30.4 Å². The highest BCUT2D eigenvalue weighted by atomic mass is 19.1. The first kappa shape index (κ1) is 16.4. The molecule has 0 N–H and O–H groups in total. The predicted octanol–water partition coefficient (Wildman–Crippen LogP) is 5.02. The Labute approximate surface area is 142 Å². The number of benzene rings is 2. The van der Waals surface area contributed by atoms with Gasteiger partial charge in [-0.3, -0.25) is 4.79 Å². The molecule has 0 heterocycles. The van der Waals surface area contributed by atoms with E-state index in [0.29, 0.717) is 12.2 Å². The average molecular weight is 323 g/mol. The van der Waals surface area contributed by atoms with Crippen LogP contribution in [-0.4, -0.2) is 5.91 Å². The summed E-state index contributed by atoms with van der Waals surface area (Å²) in [6.45, 7) is 6.40. The number of anilines is 1. The molecule has 2 aromatic rings. The van der Waals surface area contributed by atoms with Crippen LogP contribution < -0.4 is 4.90 Å². The lowest BCUT2D eigenvalue weighted by atomic mass is 10.0. The van der Waals surface area contributed by atoms with Crippen LogP contribution in [0.3, 0.4) is 0 Å². The maximum absolute atomic E-state index is 13.8. The van der Waals surface area contributed by atoms with Crippen LogP contribution in [0.4, 0.5) is 10.1 Å². The molecule has 1 unspecified atom stereocenters. The summed E-state index contributed by atoms with van der Waals surface area (Å²) in [4.78, 5) is 14.9. The Balaban J connectivity index is 1.98. The highest BCUT2D eigenvalue weighted by Gasteiger charge is 2.31. The second-order valence-electron chi connectivity index (χ2n) is 6.44. The Morgan fingerprint density at radius 1 is 1.25 bits per heavy atom. The molecule has 1 saturated carbocycles. The molecule has 1 fully saturated rings. The Morgan fingerprint density at radius 2 is 2.00 bits per heavy atom. The molecule has 24 heavy (non-hydrogen) atoms. The van der Waals surface area contributed by atoms with Crippen LogP contribution in [0.25, 0.3) is 0 Å². The fourth-order valence-electron chi connectivity index (χ4n) is 3.32. The maximum Gasteiger partial charge on any atom is 0.234 e. The van der Waals surface area contributed by atoms with Gasteiger partial charge in [0, 0.05) is 5.69 Å². The summed E-state index contributed by atoms with van der Waals surface area (Å²) in [6.07, 6.45) is 2.73. The van der Waals surface area contributed by atoms with Gasteiger partial charge in [0.1, 0.15) is 5.82 Å². The van der Waals surface area contributed by atoms with E-state index in [4.69, 9.17) is 0 Å². The van der Waals surface area contributed by atoms with Crippen LogP contribution in [0.15, 0.2) is 60.7 Å². The van der Waals surface area contributed by atoms with E-state index < -0.39 is 0 Å². The standard InChI is InChI=1S/C21H22FNO/c1-15-7-6-10-19(15)21(24)23(14-17-8-4-3-5-9-17)20-13-18(22)12-11-16(20)2/h3-5,8-9,11-13,19H,1,6-7,10,14H2,2H3. The van der Waals surface area contributed by atoms with Crippen molar-refractivity contribution in [3.05, 3.63) is 77.6 Å². The maximum atomic E-state index is 13.8. The van der Waals surface area contributed by atoms with Gasteiger partial charge in [-0.15, -0.1) is 0 Å². The van der Waals surface area contributed by atoms with Crippen LogP contribution in [0.5, 0.6) is 0 Å². The smallest absolute Gasteiger partial charge is 0.234 e. The predicted molar refractivity (Wildman–Crippen MR) is 95.3 cm³/mol. The van der Waals surface area contributed by atoms with Gasteiger partial charge in [0.25, 0.3) is 0 Å². The highest BCUT2D eigenvalue weighted by molar-refractivity contribution is 5.97. The van der Waals surface area contributed by atoms with Crippen molar-refractivity contribution in [2.45, 2.75) is 32.7 Å².